The first-order valence-electron chi connectivity index (χ1n) is 10.8. The van der Waals surface area contributed by atoms with E-state index < -0.39 is 0 Å². The lowest BCUT2D eigenvalue weighted by molar-refractivity contribution is 0.653. The molecule has 0 spiro atoms. The summed E-state index contributed by atoms with van der Waals surface area (Å²) in [6, 6.07) is 28.1. The van der Waals surface area contributed by atoms with E-state index in [9.17, 15) is 0 Å². The average molecular weight is 427 g/mol. The second kappa shape index (κ2) is 6.71. The molecule has 0 atom stereocenters. The van der Waals surface area contributed by atoms with Crippen LogP contribution in [0.4, 0.5) is 0 Å². The van der Waals surface area contributed by atoms with Crippen LogP contribution >= 0.6 is 0 Å². The largest absolute Gasteiger partial charge is 0.437 e. The van der Waals surface area contributed by atoms with Crippen LogP contribution in [0, 0.1) is 6.92 Å². The molecule has 4 heterocycles. The van der Waals surface area contributed by atoms with E-state index in [0.717, 1.165) is 50.2 Å². The number of nitrogens with zero attached hydrogens (tertiary/aromatic N) is 5. The minimum Gasteiger partial charge on any atom is -0.437 e. The Morgan fingerprint density at radius 3 is 2.30 bits per heavy atom. The van der Waals surface area contributed by atoms with Crippen LogP contribution in [0.5, 0.6) is 0 Å². The number of hydrogen-bond acceptors (Lipinski definition) is 5. The number of fused-ring (bicyclic) bond motifs is 5. The van der Waals surface area contributed by atoms with Gasteiger partial charge in [-0.2, -0.15) is 0 Å². The summed E-state index contributed by atoms with van der Waals surface area (Å²) in [6.07, 6.45) is 0. The van der Waals surface area contributed by atoms with Gasteiger partial charge in [0.25, 0.3) is 0 Å². The van der Waals surface area contributed by atoms with Crippen molar-refractivity contribution in [2.75, 3.05) is 0 Å². The Labute approximate surface area is 188 Å². The van der Waals surface area contributed by atoms with Crippen molar-refractivity contribution in [1.82, 2.24) is 24.5 Å². The third-order valence-corrected chi connectivity index (χ3v) is 5.93. The van der Waals surface area contributed by atoms with Gasteiger partial charge in [-0.05, 0) is 49.4 Å². The van der Waals surface area contributed by atoms with Gasteiger partial charge in [-0.25, -0.2) is 19.9 Å². The molecular formula is C27H17N5O. The maximum absolute atomic E-state index is 6.28. The molecule has 6 heteroatoms. The normalized spacial score (nSPS) is 11.8. The third kappa shape index (κ3) is 2.67. The van der Waals surface area contributed by atoms with Gasteiger partial charge in [0.05, 0.1) is 16.6 Å². The van der Waals surface area contributed by atoms with Gasteiger partial charge in [0.2, 0.25) is 5.71 Å². The highest BCUT2D eigenvalue weighted by Gasteiger charge is 2.21. The zero-order valence-corrected chi connectivity index (χ0v) is 17.7. The summed E-state index contributed by atoms with van der Waals surface area (Å²) >= 11 is 0. The molecule has 0 aliphatic carbocycles. The van der Waals surface area contributed by atoms with Crippen LogP contribution in [0.3, 0.4) is 0 Å². The Bertz CT molecular complexity index is 1830. The van der Waals surface area contributed by atoms with Gasteiger partial charge in [0.1, 0.15) is 5.58 Å². The van der Waals surface area contributed by atoms with Crippen LogP contribution in [-0.2, 0) is 0 Å². The predicted octanol–water partition coefficient (Wildman–Crippen LogP) is 6.24. The van der Waals surface area contributed by atoms with Crippen molar-refractivity contribution < 1.29 is 4.42 Å². The van der Waals surface area contributed by atoms with Crippen molar-refractivity contribution in [3.8, 4) is 17.1 Å². The van der Waals surface area contributed by atoms with Crippen LogP contribution in [0.2, 0.25) is 0 Å². The summed E-state index contributed by atoms with van der Waals surface area (Å²) in [5.74, 6) is 0.730. The molecule has 0 aliphatic rings. The zero-order chi connectivity index (χ0) is 21.9. The van der Waals surface area contributed by atoms with E-state index in [1.54, 1.807) is 0 Å². The number of imidazole rings is 1. The van der Waals surface area contributed by atoms with E-state index in [1.807, 2.05) is 79.7 Å². The molecule has 0 amide bonds. The fraction of sp³-hybridized carbons (Fsp3) is 0.0370. The molecule has 0 saturated heterocycles. The summed E-state index contributed by atoms with van der Waals surface area (Å²) in [4.78, 5) is 19.3. The van der Waals surface area contributed by atoms with Crippen molar-refractivity contribution in [1.29, 1.82) is 0 Å². The second-order valence-corrected chi connectivity index (χ2v) is 8.06. The Hall–Kier alpha value is -4.58. The molecule has 0 radical (unpaired) electrons. The minimum atomic E-state index is 0.592. The summed E-state index contributed by atoms with van der Waals surface area (Å²) in [7, 11) is 0. The van der Waals surface area contributed by atoms with Crippen LogP contribution in [0.1, 0.15) is 5.69 Å². The van der Waals surface area contributed by atoms with E-state index in [2.05, 4.69) is 21.7 Å². The number of para-hydroxylation sites is 4. The fourth-order valence-corrected chi connectivity index (χ4v) is 4.41. The monoisotopic (exact) mass is 427 g/mol. The molecular weight excluding hydrogens is 410 g/mol. The lowest BCUT2D eigenvalue weighted by Crippen LogP contribution is -1.99. The number of pyridine rings is 1. The molecule has 0 fully saturated rings. The van der Waals surface area contributed by atoms with E-state index in [-0.39, 0.29) is 0 Å². The highest BCUT2D eigenvalue weighted by molar-refractivity contribution is 6.08. The van der Waals surface area contributed by atoms with Gasteiger partial charge in [-0.15, -0.1) is 0 Å². The Morgan fingerprint density at radius 2 is 1.45 bits per heavy atom. The minimum absolute atomic E-state index is 0.592. The van der Waals surface area contributed by atoms with E-state index >= 15 is 0 Å². The van der Waals surface area contributed by atoms with Gasteiger partial charge in [-0.1, -0.05) is 42.5 Å². The smallest absolute Gasteiger partial charge is 0.227 e. The Kier molecular flexibility index (Phi) is 3.67. The third-order valence-electron chi connectivity index (χ3n) is 5.93. The van der Waals surface area contributed by atoms with Crippen molar-refractivity contribution in [3.05, 3.63) is 90.6 Å². The highest BCUT2D eigenvalue weighted by atomic mass is 16.3. The predicted molar refractivity (Wildman–Crippen MR) is 129 cm³/mol. The fourth-order valence-electron chi connectivity index (χ4n) is 4.41. The Morgan fingerprint density at radius 1 is 0.667 bits per heavy atom. The maximum atomic E-state index is 6.28. The molecule has 7 aromatic rings. The average Bonchev–Trinajstić information content (AvgIpc) is 3.40. The van der Waals surface area contributed by atoms with Gasteiger partial charge in [0, 0.05) is 22.2 Å². The van der Waals surface area contributed by atoms with Crippen molar-refractivity contribution >= 4 is 44.4 Å². The number of aromatic nitrogens is 5. The number of hydrogen-bond donors (Lipinski definition) is 0. The molecule has 6 nitrogen and oxygen atoms in total. The number of benzene rings is 3. The molecule has 0 aliphatic heterocycles. The molecule has 156 valence electrons. The van der Waals surface area contributed by atoms with Gasteiger partial charge < -0.3 is 4.42 Å². The van der Waals surface area contributed by atoms with Crippen LogP contribution < -0.4 is 0 Å². The molecule has 7 rings (SSSR count). The van der Waals surface area contributed by atoms with Gasteiger partial charge in [0.15, 0.2) is 17.1 Å². The zero-order valence-electron chi connectivity index (χ0n) is 17.7. The summed E-state index contributed by atoms with van der Waals surface area (Å²) in [5.41, 5.74) is 7.07. The van der Waals surface area contributed by atoms with E-state index in [0.29, 0.717) is 17.0 Å². The van der Waals surface area contributed by atoms with Gasteiger partial charge in [-0.3, -0.25) is 4.57 Å². The molecule has 0 N–H and O–H groups in total. The lowest BCUT2D eigenvalue weighted by atomic mass is 10.1. The van der Waals surface area contributed by atoms with Crippen LogP contribution in [0.25, 0.3) is 61.5 Å². The standard InChI is InChI=1S/C27H17N5O/c1-16-14-15-19-18-10-7-11-20(23(18)33-27(19)28-16)25-31-24-26(32(25)17-8-3-2-4-9-17)30-22-13-6-5-12-21(22)29-24/h2-15H,1H3. The molecule has 0 unspecified atom stereocenters. The van der Waals surface area contributed by atoms with Crippen molar-refractivity contribution in [3.63, 3.8) is 0 Å². The van der Waals surface area contributed by atoms with Crippen molar-refractivity contribution in [2.24, 2.45) is 0 Å². The topological polar surface area (TPSA) is 69.6 Å². The first-order valence-corrected chi connectivity index (χ1v) is 10.8. The number of rotatable bonds is 2. The van der Waals surface area contributed by atoms with Crippen LogP contribution in [-0.4, -0.2) is 24.5 Å². The number of aryl methyl sites for hydroxylation is 1. The first-order chi connectivity index (χ1) is 16.3. The molecule has 4 aromatic heterocycles. The van der Waals surface area contributed by atoms with E-state index in [4.69, 9.17) is 19.4 Å². The second-order valence-electron chi connectivity index (χ2n) is 8.06. The lowest BCUT2D eigenvalue weighted by Gasteiger charge is -2.09. The Balaban J connectivity index is 1.61. The SMILES string of the molecule is Cc1ccc2c(n1)oc1c(-c3nc4nc5ccccc5nc4n3-c3ccccc3)cccc12. The van der Waals surface area contributed by atoms with Gasteiger partial charge >= 0.3 is 0 Å². The van der Waals surface area contributed by atoms with Crippen LogP contribution in [0.15, 0.2) is 89.3 Å². The number of furan rings is 1. The maximum Gasteiger partial charge on any atom is 0.227 e. The summed E-state index contributed by atoms with van der Waals surface area (Å²) in [6.45, 7) is 1.96. The molecule has 0 saturated carbocycles. The van der Waals surface area contributed by atoms with Crippen molar-refractivity contribution in [2.45, 2.75) is 6.92 Å². The van der Waals surface area contributed by atoms with E-state index in [1.165, 1.54) is 0 Å². The molecule has 33 heavy (non-hydrogen) atoms. The molecule has 3 aromatic carbocycles. The quantitative estimate of drug-likeness (QED) is 0.327. The highest BCUT2D eigenvalue weighted by Crippen LogP contribution is 2.37. The first kappa shape index (κ1) is 18.0. The summed E-state index contributed by atoms with van der Waals surface area (Å²) < 4.78 is 8.33. The molecule has 0 bridgehead atoms. The summed E-state index contributed by atoms with van der Waals surface area (Å²) in [5, 5.41) is 1.99.